The molecule has 1 aromatic heterocycles. The molecule has 1 unspecified atom stereocenters. The Morgan fingerprint density at radius 2 is 1.86 bits per heavy atom. The molecule has 0 aliphatic carbocycles. The molecule has 0 fully saturated rings. The minimum atomic E-state index is -0.297. The number of fused-ring (bicyclic) bond motifs is 1. The van der Waals surface area contributed by atoms with Gasteiger partial charge < -0.3 is 5.32 Å². The summed E-state index contributed by atoms with van der Waals surface area (Å²) in [6, 6.07) is 10.9. The smallest absolute Gasteiger partial charge is 0.251 e. The van der Waals surface area contributed by atoms with Crippen LogP contribution in [0.5, 0.6) is 0 Å². The number of rotatable bonds is 3. The van der Waals surface area contributed by atoms with Crippen LogP contribution in [0, 0.1) is 5.82 Å². The Morgan fingerprint density at radius 3 is 2.62 bits per heavy atom. The number of aromatic nitrogens is 3. The molecule has 3 rings (SSSR count). The molecular weight excluding hydrogens is 271 g/mol. The lowest BCUT2D eigenvalue weighted by molar-refractivity contribution is 0.0940. The van der Waals surface area contributed by atoms with Crippen molar-refractivity contribution in [3.05, 3.63) is 59.4 Å². The highest BCUT2D eigenvalue weighted by molar-refractivity contribution is 5.97. The van der Waals surface area contributed by atoms with E-state index in [-0.39, 0.29) is 17.8 Å². The summed E-state index contributed by atoms with van der Waals surface area (Å²) in [5.74, 6) is -0.509. The topological polar surface area (TPSA) is 70.7 Å². The Morgan fingerprint density at radius 1 is 1.14 bits per heavy atom. The molecule has 2 aromatic carbocycles. The number of amides is 1. The van der Waals surface area contributed by atoms with E-state index in [4.69, 9.17) is 0 Å². The van der Waals surface area contributed by atoms with E-state index in [0.29, 0.717) is 16.6 Å². The third-order valence-corrected chi connectivity index (χ3v) is 3.30. The van der Waals surface area contributed by atoms with E-state index < -0.39 is 0 Å². The Balaban J connectivity index is 1.77. The van der Waals surface area contributed by atoms with Crippen LogP contribution in [0.15, 0.2) is 42.5 Å². The van der Waals surface area contributed by atoms with Gasteiger partial charge in [-0.15, -0.1) is 0 Å². The predicted molar refractivity (Wildman–Crippen MR) is 76.2 cm³/mol. The quantitative estimate of drug-likeness (QED) is 0.776. The van der Waals surface area contributed by atoms with Gasteiger partial charge in [0.25, 0.3) is 5.91 Å². The van der Waals surface area contributed by atoms with Crippen molar-refractivity contribution in [3.63, 3.8) is 0 Å². The lowest BCUT2D eigenvalue weighted by Gasteiger charge is -2.14. The first-order valence-electron chi connectivity index (χ1n) is 6.50. The highest BCUT2D eigenvalue weighted by Crippen LogP contribution is 2.15. The molecule has 0 saturated heterocycles. The van der Waals surface area contributed by atoms with Gasteiger partial charge in [0.15, 0.2) is 0 Å². The molecular formula is C15H13FN4O. The van der Waals surface area contributed by atoms with Gasteiger partial charge in [0, 0.05) is 5.56 Å². The van der Waals surface area contributed by atoms with E-state index in [9.17, 15) is 9.18 Å². The van der Waals surface area contributed by atoms with Crippen molar-refractivity contribution in [2.24, 2.45) is 0 Å². The number of hydrogen-bond acceptors (Lipinski definition) is 3. The fourth-order valence-corrected chi connectivity index (χ4v) is 2.10. The van der Waals surface area contributed by atoms with Crippen LogP contribution in [0.4, 0.5) is 4.39 Å². The average Bonchev–Trinajstić information content (AvgIpc) is 2.95. The molecule has 0 aliphatic rings. The van der Waals surface area contributed by atoms with E-state index in [1.807, 2.05) is 6.92 Å². The van der Waals surface area contributed by atoms with Gasteiger partial charge >= 0.3 is 0 Å². The lowest BCUT2D eigenvalue weighted by Crippen LogP contribution is -2.26. The number of aromatic amines is 1. The van der Waals surface area contributed by atoms with Gasteiger partial charge in [-0.1, -0.05) is 12.1 Å². The molecule has 0 saturated carbocycles. The molecule has 1 atom stereocenters. The maximum Gasteiger partial charge on any atom is 0.251 e. The highest BCUT2D eigenvalue weighted by atomic mass is 19.1. The fourth-order valence-electron chi connectivity index (χ4n) is 2.10. The Labute approximate surface area is 120 Å². The summed E-state index contributed by atoms with van der Waals surface area (Å²) >= 11 is 0. The van der Waals surface area contributed by atoms with Crippen LogP contribution < -0.4 is 5.32 Å². The summed E-state index contributed by atoms with van der Waals surface area (Å²) in [6.45, 7) is 1.85. The van der Waals surface area contributed by atoms with Gasteiger partial charge in [-0.05, 0) is 42.8 Å². The molecule has 106 valence electrons. The van der Waals surface area contributed by atoms with E-state index in [2.05, 4.69) is 20.7 Å². The molecule has 6 heteroatoms. The minimum absolute atomic E-state index is 0.211. The van der Waals surface area contributed by atoms with Gasteiger partial charge in [-0.3, -0.25) is 4.79 Å². The normalized spacial score (nSPS) is 12.3. The zero-order valence-corrected chi connectivity index (χ0v) is 11.3. The maximum atomic E-state index is 12.9. The van der Waals surface area contributed by atoms with Crippen molar-refractivity contribution < 1.29 is 9.18 Å². The zero-order valence-electron chi connectivity index (χ0n) is 11.3. The SMILES string of the molecule is CC(NC(=O)c1ccc2n[nH]nc2c1)c1ccc(F)cc1. The molecule has 0 spiro atoms. The van der Waals surface area contributed by atoms with Gasteiger partial charge in [0.2, 0.25) is 0 Å². The van der Waals surface area contributed by atoms with Crippen molar-refractivity contribution in [1.29, 1.82) is 0 Å². The van der Waals surface area contributed by atoms with Crippen LogP contribution in [0.25, 0.3) is 11.0 Å². The van der Waals surface area contributed by atoms with Crippen LogP contribution in [0.3, 0.4) is 0 Å². The molecule has 1 amide bonds. The molecule has 2 N–H and O–H groups in total. The first-order valence-corrected chi connectivity index (χ1v) is 6.50. The number of carbonyl (C=O) groups excluding carboxylic acids is 1. The van der Waals surface area contributed by atoms with Crippen molar-refractivity contribution in [2.45, 2.75) is 13.0 Å². The summed E-state index contributed by atoms with van der Waals surface area (Å²) < 4.78 is 12.9. The number of hydrogen-bond donors (Lipinski definition) is 2. The van der Waals surface area contributed by atoms with Crippen LogP contribution in [-0.4, -0.2) is 21.3 Å². The van der Waals surface area contributed by atoms with Crippen LogP contribution in [-0.2, 0) is 0 Å². The molecule has 5 nitrogen and oxygen atoms in total. The summed E-state index contributed by atoms with van der Waals surface area (Å²) in [5, 5.41) is 13.3. The predicted octanol–water partition coefficient (Wildman–Crippen LogP) is 2.59. The highest BCUT2D eigenvalue weighted by Gasteiger charge is 2.12. The van der Waals surface area contributed by atoms with Gasteiger partial charge in [-0.25, -0.2) is 4.39 Å². The van der Waals surface area contributed by atoms with E-state index in [1.165, 1.54) is 12.1 Å². The van der Waals surface area contributed by atoms with E-state index >= 15 is 0 Å². The molecule has 0 radical (unpaired) electrons. The average molecular weight is 284 g/mol. The maximum absolute atomic E-state index is 12.9. The third-order valence-electron chi connectivity index (χ3n) is 3.30. The summed E-state index contributed by atoms with van der Waals surface area (Å²) in [6.07, 6.45) is 0. The second kappa shape index (κ2) is 5.32. The summed E-state index contributed by atoms with van der Waals surface area (Å²) in [7, 11) is 0. The van der Waals surface area contributed by atoms with Gasteiger partial charge in [-0.2, -0.15) is 15.4 Å². The number of carbonyl (C=O) groups is 1. The lowest BCUT2D eigenvalue weighted by atomic mass is 10.1. The fraction of sp³-hybridized carbons (Fsp3) is 0.133. The molecule has 0 aliphatic heterocycles. The second-order valence-electron chi connectivity index (χ2n) is 4.77. The monoisotopic (exact) mass is 284 g/mol. The summed E-state index contributed by atoms with van der Waals surface area (Å²) in [4.78, 5) is 12.2. The molecule has 0 bridgehead atoms. The van der Waals surface area contributed by atoms with Crippen molar-refractivity contribution >= 4 is 16.9 Å². The Kier molecular flexibility index (Phi) is 3.35. The number of H-pyrrole nitrogens is 1. The van der Waals surface area contributed by atoms with Crippen molar-refractivity contribution in [2.75, 3.05) is 0 Å². The van der Waals surface area contributed by atoms with Crippen LogP contribution >= 0.6 is 0 Å². The summed E-state index contributed by atoms with van der Waals surface area (Å²) in [5.41, 5.74) is 2.69. The number of nitrogens with one attached hydrogen (secondary N) is 2. The zero-order chi connectivity index (χ0) is 14.8. The first kappa shape index (κ1) is 13.2. The first-order chi connectivity index (χ1) is 10.1. The van der Waals surface area contributed by atoms with E-state index in [0.717, 1.165) is 5.56 Å². The second-order valence-corrected chi connectivity index (χ2v) is 4.77. The number of halogens is 1. The standard InChI is InChI=1S/C15H13FN4O/c1-9(10-2-5-12(16)6-3-10)17-15(21)11-4-7-13-14(8-11)19-20-18-13/h2-9H,1H3,(H,17,21)(H,18,19,20). The van der Waals surface area contributed by atoms with Crippen LogP contribution in [0.1, 0.15) is 28.9 Å². The largest absolute Gasteiger partial charge is 0.346 e. The van der Waals surface area contributed by atoms with Gasteiger partial charge in [0.1, 0.15) is 16.9 Å². The minimum Gasteiger partial charge on any atom is -0.346 e. The third kappa shape index (κ3) is 2.74. The van der Waals surface area contributed by atoms with E-state index in [1.54, 1.807) is 30.3 Å². The van der Waals surface area contributed by atoms with Crippen molar-refractivity contribution in [1.82, 2.24) is 20.7 Å². The molecule has 21 heavy (non-hydrogen) atoms. The Hall–Kier alpha value is -2.76. The Bertz CT molecular complexity index is 782. The van der Waals surface area contributed by atoms with Gasteiger partial charge in [0.05, 0.1) is 6.04 Å². The molecule has 3 aromatic rings. The number of benzene rings is 2. The van der Waals surface area contributed by atoms with Crippen molar-refractivity contribution in [3.8, 4) is 0 Å². The van der Waals surface area contributed by atoms with Crippen LogP contribution in [0.2, 0.25) is 0 Å². The molecule has 1 heterocycles. The number of nitrogens with zero attached hydrogens (tertiary/aromatic N) is 2.